The van der Waals surface area contributed by atoms with Gasteiger partial charge in [-0.3, -0.25) is 0 Å². The van der Waals surface area contributed by atoms with Crippen LogP contribution in [-0.4, -0.2) is 49.4 Å². The first kappa shape index (κ1) is 17.2. The molecule has 1 fully saturated rings. The predicted octanol–water partition coefficient (Wildman–Crippen LogP) is 2.72. The van der Waals surface area contributed by atoms with Crippen molar-refractivity contribution < 1.29 is 14.3 Å². The number of nitrogens with two attached hydrogens (primary N) is 1. The van der Waals surface area contributed by atoms with E-state index in [1.165, 1.54) is 0 Å². The van der Waals surface area contributed by atoms with Gasteiger partial charge in [-0.15, -0.1) is 0 Å². The molecule has 1 saturated heterocycles. The van der Waals surface area contributed by atoms with Crippen LogP contribution in [0.3, 0.4) is 0 Å². The third kappa shape index (κ3) is 4.21. The average Bonchev–Trinajstić information content (AvgIpc) is 2.44. The highest BCUT2D eigenvalue weighted by molar-refractivity contribution is 5.72. The van der Waals surface area contributed by atoms with Crippen LogP contribution in [0, 0.1) is 0 Å². The van der Waals surface area contributed by atoms with Crippen LogP contribution in [0.4, 0.5) is 16.2 Å². The Hall–Kier alpha value is -2.11. The Balaban J connectivity index is 2.05. The molecule has 0 saturated carbocycles. The fourth-order valence-electron chi connectivity index (χ4n) is 2.72. The highest BCUT2D eigenvalue weighted by atomic mass is 16.6. The molecule has 1 aromatic carbocycles. The van der Waals surface area contributed by atoms with Crippen molar-refractivity contribution in [3.05, 3.63) is 18.2 Å². The van der Waals surface area contributed by atoms with E-state index in [9.17, 15) is 4.79 Å². The molecule has 23 heavy (non-hydrogen) atoms. The molecule has 1 amide bonds. The normalized spacial score (nSPS) is 18.7. The summed E-state index contributed by atoms with van der Waals surface area (Å²) in [5.74, 6) is 0.742. The minimum absolute atomic E-state index is 0.0556. The summed E-state index contributed by atoms with van der Waals surface area (Å²) in [6, 6.07) is 5.74. The number of methoxy groups -OCH3 is 1. The van der Waals surface area contributed by atoms with Crippen LogP contribution in [0.2, 0.25) is 0 Å². The number of carbonyl (C=O) groups is 1. The Labute approximate surface area is 138 Å². The van der Waals surface area contributed by atoms with E-state index in [0.29, 0.717) is 12.2 Å². The van der Waals surface area contributed by atoms with E-state index in [0.717, 1.165) is 24.5 Å². The number of ether oxygens (including phenoxy) is 2. The van der Waals surface area contributed by atoms with Gasteiger partial charge in [0.05, 0.1) is 18.5 Å². The maximum Gasteiger partial charge on any atom is 0.410 e. The van der Waals surface area contributed by atoms with Gasteiger partial charge < -0.3 is 25.0 Å². The molecule has 1 heterocycles. The summed E-state index contributed by atoms with van der Waals surface area (Å²) >= 11 is 0. The molecule has 2 N–H and O–H groups in total. The van der Waals surface area contributed by atoms with Gasteiger partial charge >= 0.3 is 6.09 Å². The van der Waals surface area contributed by atoms with Crippen molar-refractivity contribution in [1.82, 2.24) is 4.90 Å². The number of piperazine rings is 1. The molecule has 2 rings (SSSR count). The van der Waals surface area contributed by atoms with E-state index in [4.69, 9.17) is 15.2 Å². The topological polar surface area (TPSA) is 68.0 Å². The first-order chi connectivity index (χ1) is 10.7. The summed E-state index contributed by atoms with van der Waals surface area (Å²) in [5.41, 5.74) is 7.30. The first-order valence-electron chi connectivity index (χ1n) is 7.89. The number of hydrogen-bond acceptors (Lipinski definition) is 5. The standard InChI is InChI=1S/C17H27N3O3/c1-12-11-19(15-7-6-13(22-5)10-14(15)18)8-9-20(12)16(21)23-17(2,3)4/h6-7,10,12H,8-9,11,18H2,1-5H3. The van der Waals surface area contributed by atoms with E-state index < -0.39 is 5.60 Å². The van der Waals surface area contributed by atoms with Crippen molar-refractivity contribution in [2.45, 2.75) is 39.3 Å². The second-order valence-corrected chi connectivity index (χ2v) is 6.89. The Morgan fingerprint density at radius 3 is 2.52 bits per heavy atom. The number of nitrogens with zero attached hydrogens (tertiary/aromatic N) is 2. The minimum atomic E-state index is -0.478. The van der Waals surface area contributed by atoms with E-state index in [2.05, 4.69) is 4.90 Å². The number of carbonyl (C=O) groups excluding carboxylic acids is 1. The molecule has 1 unspecified atom stereocenters. The molecule has 6 nitrogen and oxygen atoms in total. The molecule has 0 spiro atoms. The van der Waals surface area contributed by atoms with Crippen LogP contribution < -0.4 is 15.4 Å². The number of rotatable bonds is 2. The predicted molar refractivity (Wildman–Crippen MR) is 92.0 cm³/mol. The largest absolute Gasteiger partial charge is 0.497 e. The zero-order chi connectivity index (χ0) is 17.2. The first-order valence-corrected chi connectivity index (χ1v) is 7.89. The molecular formula is C17H27N3O3. The van der Waals surface area contributed by atoms with Gasteiger partial charge in [-0.1, -0.05) is 0 Å². The lowest BCUT2D eigenvalue weighted by atomic mass is 10.1. The van der Waals surface area contributed by atoms with Crippen molar-refractivity contribution in [2.24, 2.45) is 0 Å². The summed E-state index contributed by atoms with van der Waals surface area (Å²) in [6.45, 7) is 9.71. The van der Waals surface area contributed by atoms with Crippen molar-refractivity contribution in [3.8, 4) is 5.75 Å². The lowest BCUT2D eigenvalue weighted by molar-refractivity contribution is 0.0159. The van der Waals surface area contributed by atoms with Gasteiger partial charge in [-0.2, -0.15) is 0 Å². The third-order valence-corrected chi connectivity index (χ3v) is 3.83. The highest BCUT2D eigenvalue weighted by Gasteiger charge is 2.31. The molecule has 1 aromatic rings. The Bertz CT molecular complexity index is 569. The van der Waals surface area contributed by atoms with Crippen LogP contribution in [-0.2, 0) is 4.74 Å². The maximum atomic E-state index is 12.3. The van der Waals surface area contributed by atoms with Gasteiger partial charge in [0.2, 0.25) is 0 Å². The molecule has 0 aromatic heterocycles. The van der Waals surface area contributed by atoms with Gasteiger partial charge in [0, 0.05) is 31.7 Å². The fourth-order valence-corrected chi connectivity index (χ4v) is 2.72. The fraction of sp³-hybridized carbons (Fsp3) is 0.588. The number of anilines is 2. The van der Waals surface area contributed by atoms with Crippen molar-refractivity contribution in [1.29, 1.82) is 0 Å². The second-order valence-electron chi connectivity index (χ2n) is 6.89. The average molecular weight is 321 g/mol. The number of benzene rings is 1. The smallest absolute Gasteiger partial charge is 0.410 e. The molecule has 6 heteroatoms. The third-order valence-electron chi connectivity index (χ3n) is 3.83. The van der Waals surface area contributed by atoms with Gasteiger partial charge in [0.25, 0.3) is 0 Å². The summed E-state index contributed by atoms with van der Waals surface area (Å²) in [5, 5.41) is 0. The maximum absolute atomic E-state index is 12.3. The van der Waals surface area contributed by atoms with Crippen molar-refractivity contribution in [2.75, 3.05) is 37.4 Å². The molecule has 128 valence electrons. The minimum Gasteiger partial charge on any atom is -0.497 e. The second kappa shape index (κ2) is 6.56. The van der Waals surface area contributed by atoms with Gasteiger partial charge in [-0.05, 0) is 39.8 Å². The molecule has 1 aliphatic rings. The SMILES string of the molecule is COc1ccc(N2CCN(C(=O)OC(C)(C)C)C(C)C2)c(N)c1. The number of hydrogen-bond donors (Lipinski definition) is 1. The Kier molecular flexibility index (Phi) is 4.92. The Morgan fingerprint density at radius 2 is 2.00 bits per heavy atom. The molecule has 0 bridgehead atoms. The van der Waals surface area contributed by atoms with Gasteiger partial charge in [0.15, 0.2) is 0 Å². The van der Waals surface area contributed by atoms with E-state index in [1.54, 1.807) is 12.0 Å². The lowest BCUT2D eigenvalue weighted by Crippen LogP contribution is -2.55. The van der Waals surface area contributed by atoms with Gasteiger partial charge in [-0.25, -0.2) is 4.79 Å². The van der Waals surface area contributed by atoms with E-state index in [-0.39, 0.29) is 12.1 Å². The van der Waals surface area contributed by atoms with E-state index in [1.807, 2.05) is 45.9 Å². The monoisotopic (exact) mass is 321 g/mol. The van der Waals surface area contributed by atoms with Crippen molar-refractivity contribution in [3.63, 3.8) is 0 Å². The highest BCUT2D eigenvalue weighted by Crippen LogP contribution is 2.29. The lowest BCUT2D eigenvalue weighted by Gasteiger charge is -2.41. The molecule has 1 atom stereocenters. The number of nitrogen functional groups attached to an aromatic ring is 1. The molecule has 0 aliphatic carbocycles. The summed E-state index contributed by atoms with van der Waals surface area (Å²) < 4.78 is 10.7. The summed E-state index contributed by atoms with van der Waals surface area (Å²) in [4.78, 5) is 16.2. The summed E-state index contributed by atoms with van der Waals surface area (Å²) in [7, 11) is 1.62. The quantitative estimate of drug-likeness (QED) is 0.848. The molecule has 0 radical (unpaired) electrons. The van der Waals surface area contributed by atoms with Gasteiger partial charge in [0.1, 0.15) is 11.4 Å². The van der Waals surface area contributed by atoms with Crippen LogP contribution >= 0.6 is 0 Å². The zero-order valence-corrected chi connectivity index (χ0v) is 14.6. The van der Waals surface area contributed by atoms with Crippen LogP contribution in [0.5, 0.6) is 5.75 Å². The Morgan fingerprint density at radius 1 is 1.30 bits per heavy atom. The molecule has 1 aliphatic heterocycles. The molecular weight excluding hydrogens is 294 g/mol. The number of amides is 1. The van der Waals surface area contributed by atoms with Crippen LogP contribution in [0.15, 0.2) is 18.2 Å². The van der Waals surface area contributed by atoms with Crippen molar-refractivity contribution >= 4 is 17.5 Å². The van der Waals surface area contributed by atoms with E-state index >= 15 is 0 Å². The summed E-state index contributed by atoms with van der Waals surface area (Å²) in [6.07, 6.45) is -0.257. The van der Waals surface area contributed by atoms with Crippen LogP contribution in [0.1, 0.15) is 27.7 Å². The van der Waals surface area contributed by atoms with Crippen LogP contribution in [0.25, 0.3) is 0 Å². The zero-order valence-electron chi connectivity index (χ0n) is 14.6.